The molecule has 5 heteroatoms. The third-order valence-corrected chi connectivity index (χ3v) is 7.24. The van der Waals surface area contributed by atoms with Gasteiger partial charge in [0.25, 0.3) is 0 Å². The molecule has 2 rings (SSSR count). The van der Waals surface area contributed by atoms with E-state index in [0.717, 1.165) is 38.0 Å². The van der Waals surface area contributed by atoms with Crippen LogP contribution < -0.4 is 0 Å². The Morgan fingerprint density at radius 2 is 1.67 bits per heavy atom. The summed E-state index contributed by atoms with van der Waals surface area (Å²) in [4.78, 5) is 5.22. The molecule has 0 unspecified atom stereocenters. The van der Waals surface area contributed by atoms with E-state index in [4.69, 9.17) is 0 Å². The number of likely N-dealkylation sites (tertiary alicyclic amines) is 1. The van der Waals surface area contributed by atoms with Crippen LogP contribution in [0.15, 0.2) is 29.2 Å². The molecule has 0 saturated carbocycles. The summed E-state index contributed by atoms with van der Waals surface area (Å²) >= 11 is 0. The van der Waals surface area contributed by atoms with Crippen LogP contribution in [0.1, 0.15) is 53.0 Å². The molecule has 4 nitrogen and oxygen atoms in total. The summed E-state index contributed by atoms with van der Waals surface area (Å²) < 4.78 is 25.8. The third kappa shape index (κ3) is 6.58. The Morgan fingerprint density at radius 1 is 1.11 bits per heavy atom. The first-order valence-electron chi connectivity index (χ1n) is 10.2. The van der Waals surface area contributed by atoms with Gasteiger partial charge in [0.1, 0.15) is 0 Å². The standard InChI is InChI=1S/C22H38N2O2S/c1-18(2)17-24(20-11-13-23(6)14-12-20)15-16-27(25,26)21-9-7-19(8-10-21)22(3,4)5/h7-10,18,20H,11-17H2,1-6H3. The van der Waals surface area contributed by atoms with Crippen molar-refractivity contribution in [2.45, 2.75) is 63.8 Å². The fourth-order valence-electron chi connectivity index (χ4n) is 3.77. The lowest BCUT2D eigenvalue weighted by Crippen LogP contribution is -2.46. The van der Waals surface area contributed by atoms with Gasteiger partial charge in [-0.3, -0.25) is 4.90 Å². The molecule has 1 heterocycles. The number of nitrogens with zero attached hydrogens (tertiary/aromatic N) is 2. The maximum atomic E-state index is 12.9. The third-order valence-electron chi connectivity index (χ3n) is 5.53. The van der Waals surface area contributed by atoms with E-state index in [1.165, 1.54) is 0 Å². The lowest BCUT2D eigenvalue weighted by Gasteiger charge is -2.38. The number of sulfone groups is 1. The fourth-order valence-corrected chi connectivity index (χ4v) is 5.03. The van der Waals surface area contributed by atoms with E-state index in [1.807, 2.05) is 12.1 Å². The van der Waals surface area contributed by atoms with Gasteiger partial charge in [0.15, 0.2) is 9.84 Å². The first kappa shape index (κ1) is 22.4. The van der Waals surface area contributed by atoms with Crippen LogP contribution >= 0.6 is 0 Å². The van der Waals surface area contributed by atoms with Gasteiger partial charge in [-0.1, -0.05) is 46.8 Å². The average Bonchev–Trinajstić information content (AvgIpc) is 2.58. The quantitative estimate of drug-likeness (QED) is 0.705. The number of benzene rings is 1. The highest BCUT2D eigenvalue weighted by molar-refractivity contribution is 7.91. The summed E-state index contributed by atoms with van der Waals surface area (Å²) in [5, 5.41) is 0. The molecule has 0 bridgehead atoms. The van der Waals surface area contributed by atoms with Crippen molar-refractivity contribution in [3.05, 3.63) is 29.8 Å². The summed E-state index contributed by atoms with van der Waals surface area (Å²) in [6.45, 7) is 14.6. The van der Waals surface area contributed by atoms with E-state index < -0.39 is 9.84 Å². The van der Waals surface area contributed by atoms with Gasteiger partial charge in [0.2, 0.25) is 0 Å². The molecule has 0 aliphatic carbocycles. The normalized spacial score (nSPS) is 17.8. The molecule has 0 atom stereocenters. The fraction of sp³-hybridized carbons (Fsp3) is 0.727. The molecule has 154 valence electrons. The van der Waals surface area contributed by atoms with Gasteiger partial charge in [-0.15, -0.1) is 0 Å². The van der Waals surface area contributed by atoms with Crippen LogP contribution in [0.25, 0.3) is 0 Å². The van der Waals surface area contributed by atoms with E-state index in [2.05, 4.69) is 51.5 Å². The van der Waals surface area contributed by atoms with Crippen LogP contribution in [0.4, 0.5) is 0 Å². The molecule has 0 amide bonds. The van der Waals surface area contributed by atoms with Crippen LogP contribution in [-0.4, -0.2) is 63.2 Å². The molecule has 1 aliphatic rings. The van der Waals surface area contributed by atoms with Crippen molar-refractivity contribution in [3.8, 4) is 0 Å². The molecule has 1 saturated heterocycles. The Morgan fingerprint density at radius 3 is 2.15 bits per heavy atom. The summed E-state index contributed by atoms with van der Waals surface area (Å²) in [6, 6.07) is 7.96. The van der Waals surface area contributed by atoms with E-state index in [1.54, 1.807) is 12.1 Å². The van der Waals surface area contributed by atoms with Gasteiger partial charge in [-0.25, -0.2) is 8.42 Å². The monoisotopic (exact) mass is 394 g/mol. The van der Waals surface area contributed by atoms with Crippen molar-refractivity contribution < 1.29 is 8.42 Å². The smallest absolute Gasteiger partial charge is 0.179 e. The number of hydrogen-bond acceptors (Lipinski definition) is 4. The SMILES string of the molecule is CC(C)CN(CCS(=O)(=O)c1ccc(C(C)(C)C)cc1)C1CCN(C)CC1. The van der Waals surface area contributed by atoms with Gasteiger partial charge in [0, 0.05) is 19.1 Å². The number of piperidine rings is 1. The molecular formula is C22H38N2O2S. The van der Waals surface area contributed by atoms with Crippen LogP contribution in [0.2, 0.25) is 0 Å². The predicted octanol–water partition coefficient (Wildman–Crippen LogP) is 3.81. The molecule has 0 radical (unpaired) electrons. The first-order valence-corrected chi connectivity index (χ1v) is 11.9. The topological polar surface area (TPSA) is 40.6 Å². The zero-order valence-electron chi connectivity index (χ0n) is 18.0. The lowest BCUT2D eigenvalue weighted by molar-refractivity contribution is 0.115. The summed E-state index contributed by atoms with van der Waals surface area (Å²) in [6.07, 6.45) is 2.26. The minimum absolute atomic E-state index is 0.0322. The Balaban J connectivity index is 2.05. The molecule has 1 aromatic carbocycles. The Labute approximate surface area is 166 Å². The molecule has 0 N–H and O–H groups in total. The Hall–Kier alpha value is -0.910. The Bertz CT molecular complexity index is 682. The van der Waals surface area contributed by atoms with Gasteiger partial charge < -0.3 is 4.90 Å². The molecule has 27 heavy (non-hydrogen) atoms. The second kappa shape index (κ2) is 9.06. The molecule has 0 spiro atoms. The minimum Gasteiger partial charge on any atom is -0.306 e. The van der Waals surface area contributed by atoms with Gasteiger partial charge in [-0.2, -0.15) is 0 Å². The highest BCUT2D eigenvalue weighted by Gasteiger charge is 2.26. The summed E-state index contributed by atoms with van der Waals surface area (Å²) in [5.74, 6) is 0.736. The second-order valence-electron chi connectivity index (χ2n) is 9.52. The molecule has 1 aromatic rings. The zero-order valence-corrected chi connectivity index (χ0v) is 18.8. The molecule has 1 aliphatic heterocycles. The Kier molecular flexibility index (Phi) is 7.51. The summed E-state index contributed by atoms with van der Waals surface area (Å²) in [5.41, 5.74) is 1.19. The van der Waals surface area contributed by atoms with Gasteiger partial charge in [0.05, 0.1) is 10.6 Å². The second-order valence-corrected chi connectivity index (χ2v) is 11.6. The summed E-state index contributed by atoms with van der Waals surface area (Å²) in [7, 11) is -1.09. The van der Waals surface area contributed by atoms with Gasteiger partial charge >= 0.3 is 0 Å². The number of hydrogen-bond donors (Lipinski definition) is 0. The number of rotatable bonds is 7. The van der Waals surface area contributed by atoms with Crippen LogP contribution in [0.3, 0.4) is 0 Å². The van der Waals surface area contributed by atoms with Gasteiger partial charge in [-0.05, 0) is 62.0 Å². The first-order chi connectivity index (χ1) is 12.5. The van der Waals surface area contributed by atoms with Crippen LogP contribution in [0.5, 0.6) is 0 Å². The van der Waals surface area contributed by atoms with E-state index >= 15 is 0 Å². The van der Waals surface area contributed by atoms with E-state index in [-0.39, 0.29) is 11.2 Å². The minimum atomic E-state index is -3.25. The molecule has 0 aromatic heterocycles. The largest absolute Gasteiger partial charge is 0.306 e. The van der Waals surface area contributed by atoms with Crippen molar-refractivity contribution in [2.75, 3.05) is 39.0 Å². The highest BCUT2D eigenvalue weighted by Crippen LogP contribution is 2.24. The lowest BCUT2D eigenvalue weighted by atomic mass is 9.87. The maximum absolute atomic E-state index is 12.9. The van der Waals surface area contributed by atoms with Crippen molar-refractivity contribution in [3.63, 3.8) is 0 Å². The van der Waals surface area contributed by atoms with Crippen molar-refractivity contribution in [2.24, 2.45) is 5.92 Å². The molecule has 1 fully saturated rings. The van der Waals surface area contributed by atoms with Crippen molar-refractivity contribution in [1.29, 1.82) is 0 Å². The highest BCUT2D eigenvalue weighted by atomic mass is 32.2. The van der Waals surface area contributed by atoms with Crippen LogP contribution in [0, 0.1) is 5.92 Å². The van der Waals surface area contributed by atoms with Crippen molar-refractivity contribution in [1.82, 2.24) is 9.80 Å². The van der Waals surface area contributed by atoms with Crippen LogP contribution in [-0.2, 0) is 15.3 Å². The zero-order chi connectivity index (χ0) is 20.2. The predicted molar refractivity (Wildman–Crippen MR) is 114 cm³/mol. The van der Waals surface area contributed by atoms with E-state index in [9.17, 15) is 8.42 Å². The average molecular weight is 395 g/mol. The van der Waals surface area contributed by atoms with Crippen molar-refractivity contribution >= 4 is 9.84 Å². The van der Waals surface area contributed by atoms with E-state index in [0.29, 0.717) is 23.4 Å². The maximum Gasteiger partial charge on any atom is 0.179 e. The molecular weight excluding hydrogens is 356 g/mol.